The van der Waals surface area contributed by atoms with Crippen LogP contribution in [0.2, 0.25) is 0 Å². The first-order valence-corrected chi connectivity index (χ1v) is 9.92. The molecule has 3 aromatic rings. The average Bonchev–Trinajstić information content (AvgIpc) is 3.15. The van der Waals surface area contributed by atoms with Gasteiger partial charge in [0.05, 0.1) is 12.2 Å². The maximum Gasteiger partial charge on any atom is 0.341 e. The van der Waals surface area contributed by atoms with Gasteiger partial charge in [-0.1, -0.05) is 0 Å². The Morgan fingerprint density at radius 1 is 1.40 bits per heavy atom. The van der Waals surface area contributed by atoms with E-state index < -0.39 is 5.97 Å². The monoisotopic (exact) mass is 413 g/mol. The molecule has 3 heterocycles. The topological polar surface area (TPSA) is 106 Å². The first-order valence-electron chi connectivity index (χ1n) is 9.92. The van der Waals surface area contributed by atoms with Crippen molar-refractivity contribution in [2.45, 2.75) is 38.8 Å². The van der Waals surface area contributed by atoms with Crippen LogP contribution in [0.15, 0.2) is 30.6 Å². The Morgan fingerprint density at radius 3 is 2.93 bits per heavy atom. The van der Waals surface area contributed by atoms with Gasteiger partial charge >= 0.3 is 5.97 Å². The third kappa shape index (κ3) is 3.56. The fourth-order valence-corrected chi connectivity index (χ4v) is 3.82. The lowest BCUT2D eigenvalue weighted by Gasteiger charge is -2.36. The lowest BCUT2D eigenvalue weighted by molar-refractivity contribution is 0.0698. The van der Waals surface area contributed by atoms with Crippen LogP contribution in [0.1, 0.15) is 47.8 Å². The Morgan fingerprint density at radius 2 is 2.20 bits per heavy atom. The summed E-state index contributed by atoms with van der Waals surface area (Å²) in [5.41, 5.74) is 7.68. The molecule has 8 nitrogen and oxygen atoms in total. The molecule has 1 aliphatic heterocycles. The van der Waals surface area contributed by atoms with Gasteiger partial charge in [-0.2, -0.15) is 5.10 Å². The summed E-state index contributed by atoms with van der Waals surface area (Å²) in [5.74, 6) is -0.171. The predicted molar refractivity (Wildman–Crippen MR) is 110 cm³/mol. The molecule has 0 radical (unpaired) electrons. The summed E-state index contributed by atoms with van der Waals surface area (Å²) in [7, 11) is 0. The van der Waals surface area contributed by atoms with Crippen LogP contribution in [0.4, 0.5) is 10.2 Å². The van der Waals surface area contributed by atoms with Crippen molar-refractivity contribution < 1.29 is 19.0 Å². The minimum atomic E-state index is -1.08. The van der Waals surface area contributed by atoms with Crippen LogP contribution in [-0.4, -0.2) is 44.9 Å². The molecule has 2 atom stereocenters. The van der Waals surface area contributed by atoms with Crippen LogP contribution in [0.5, 0.6) is 5.75 Å². The van der Waals surface area contributed by atoms with Crippen molar-refractivity contribution in [1.29, 1.82) is 0 Å². The highest BCUT2D eigenvalue weighted by atomic mass is 19.1. The minimum Gasteiger partial charge on any atom is -0.489 e. The Hall–Kier alpha value is -3.20. The molecule has 0 saturated carbocycles. The van der Waals surface area contributed by atoms with Crippen molar-refractivity contribution in [3.8, 4) is 5.75 Å². The maximum absolute atomic E-state index is 14.1. The van der Waals surface area contributed by atoms with Crippen LogP contribution in [0.25, 0.3) is 5.65 Å². The first-order chi connectivity index (χ1) is 14.4. The average molecular weight is 413 g/mol. The SMILES string of the molecule is C[C@H](c1cc(F)ccc1O[C@@H](C)CN)N1CCCc2cn3ncc(C(=O)O)c3nc21. The molecule has 1 aromatic carbocycles. The molecule has 3 N–H and O–H groups in total. The second-order valence-corrected chi connectivity index (χ2v) is 7.54. The Labute approximate surface area is 173 Å². The summed E-state index contributed by atoms with van der Waals surface area (Å²) in [6.45, 7) is 4.87. The number of aryl methyl sites for hydroxylation is 1. The zero-order valence-electron chi connectivity index (χ0n) is 16.9. The van der Waals surface area contributed by atoms with Crippen LogP contribution in [0.3, 0.4) is 0 Å². The number of benzene rings is 1. The zero-order valence-corrected chi connectivity index (χ0v) is 16.9. The Balaban J connectivity index is 1.78. The lowest BCUT2D eigenvalue weighted by atomic mass is 10.0. The number of aromatic nitrogens is 3. The van der Waals surface area contributed by atoms with Gasteiger partial charge in [-0.05, 0) is 44.9 Å². The number of hydrogen-bond donors (Lipinski definition) is 2. The molecule has 158 valence electrons. The van der Waals surface area contributed by atoms with Gasteiger partial charge in [0.1, 0.15) is 29.1 Å². The number of ether oxygens (including phenoxy) is 1. The van der Waals surface area contributed by atoms with Crippen molar-refractivity contribution in [1.82, 2.24) is 14.6 Å². The highest BCUT2D eigenvalue weighted by Crippen LogP contribution is 2.37. The van der Waals surface area contributed by atoms with Gasteiger partial charge in [-0.3, -0.25) is 0 Å². The second-order valence-electron chi connectivity index (χ2n) is 7.54. The third-order valence-corrected chi connectivity index (χ3v) is 5.44. The van der Waals surface area contributed by atoms with E-state index in [1.165, 1.54) is 22.8 Å². The summed E-state index contributed by atoms with van der Waals surface area (Å²) >= 11 is 0. The first kappa shape index (κ1) is 20.1. The van der Waals surface area contributed by atoms with E-state index in [1.54, 1.807) is 6.07 Å². The molecule has 0 spiro atoms. The van der Waals surface area contributed by atoms with Gasteiger partial charge in [0, 0.05) is 30.4 Å². The number of anilines is 1. The molecule has 0 unspecified atom stereocenters. The molecule has 2 aromatic heterocycles. The number of nitrogens with zero attached hydrogens (tertiary/aromatic N) is 4. The molecule has 0 fully saturated rings. The van der Waals surface area contributed by atoms with E-state index in [0.717, 1.165) is 18.4 Å². The van der Waals surface area contributed by atoms with Crippen molar-refractivity contribution in [2.24, 2.45) is 5.73 Å². The third-order valence-electron chi connectivity index (χ3n) is 5.44. The summed E-state index contributed by atoms with van der Waals surface area (Å²) in [6.07, 6.45) is 4.61. The number of halogens is 1. The zero-order chi connectivity index (χ0) is 21.4. The number of nitrogens with two attached hydrogens (primary N) is 1. The van der Waals surface area contributed by atoms with E-state index in [-0.39, 0.29) is 29.2 Å². The van der Waals surface area contributed by atoms with Crippen LogP contribution in [0, 0.1) is 5.82 Å². The highest BCUT2D eigenvalue weighted by Gasteiger charge is 2.28. The van der Waals surface area contributed by atoms with Gasteiger partial charge in [0.25, 0.3) is 0 Å². The molecule has 4 rings (SSSR count). The van der Waals surface area contributed by atoms with Crippen molar-refractivity contribution in [3.05, 3.63) is 53.1 Å². The van der Waals surface area contributed by atoms with Gasteiger partial charge in [0.2, 0.25) is 0 Å². The van der Waals surface area contributed by atoms with Gasteiger partial charge < -0.3 is 20.5 Å². The number of fused-ring (bicyclic) bond motifs is 2. The molecular weight excluding hydrogens is 389 g/mol. The fraction of sp³-hybridized carbons (Fsp3) is 0.381. The standard InChI is InChI=1S/C21H24FN5O3/c1-12(9-23)30-18-6-5-15(22)8-16(18)13(2)26-7-3-4-14-11-27-20(25-19(14)26)17(10-24-27)21(28)29/h5-6,8,10-13H,3-4,7,9,23H2,1-2H3,(H,28,29)/t12-,13+/m0/s1. The maximum atomic E-state index is 14.1. The van der Waals surface area contributed by atoms with Crippen LogP contribution >= 0.6 is 0 Å². The molecule has 0 aliphatic carbocycles. The van der Waals surface area contributed by atoms with E-state index in [1.807, 2.05) is 20.0 Å². The lowest BCUT2D eigenvalue weighted by Crippen LogP contribution is -2.34. The second kappa shape index (κ2) is 7.91. The number of carboxylic acids is 1. The predicted octanol–water partition coefficient (Wildman–Crippen LogP) is 2.81. The Kier molecular flexibility index (Phi) is 5.29. The molecule has 9 heteroatoms. The number of carbonyl (C=O) groups is 1. The van der Waals surface area contributed by atoms with Crippen molar-refractivity contribution in [2.75, 3.05) is 18.0 Å². The Bertz CT molecular complexity index is 1100. The quantitative estimate of drug-likeness (QED) is 0.640. The normalized spacial score (nSPS) is 15.7. The number of carboxylic acid groups (broad SMARTS) is 1. The highest BCUT2D eigenvalue weighted by molar-refractivity contribution is 5.94. The van der Waals surface area contributed by atoms with E-state index in [2.05, 4.69) is 15.0 Å². The van der Waals surface area contributed by atoms with E-state index in [0.29, 0.717) is 30.2 Å². The van der Waals surface area contributed by atoms with Crippen molar-refractivity contribution >= 4 is 17.4 Å². The van der Waals surface area contributed by atoms with Gasteiger partial charge in [-0.15, -0.1) is 0 Å². The summed E-state index contributed by atoms with van der Waals surface area (Å²) in [4.78, 5) is 18.2. The van der Waals surface area contributed by atoms with Crippen LogP contribution < -0.4 is 15.4 Å². The largest absolute Gasteiger partial charge is 0.489 e. The van der Waals surface area contributed by atoms with E-state index in [9.17, 15) is 14.3 Å². The smallest absolute Gasteiger partial charge is 0.341 e. The number of rotatable bonds is 6. The molecular formula is C21H24FN5O3. The minimum absolute atomic E-state index is 0.0440. The molecule has 0 bridgehead atoms. The molecule has 0 amide bonds. The van der Waals surface area contributed by atoms with Crippen LogP contribution in [-0.2, 0) is 6.42 Å². The summed E-state index contributed by atoms with van der Waals surface area (Å²) < 4.78 is 21.5. The van der Waals surface area contributed by atoms with Crippen molar-refractivity contribution in [3.63, 3.8) is 0 Å². The van der Waals surface area contributed by atoms with Gasteiger partial charge in [0.15, 0.2) is 5.65 Å². The molecule has 0 saturated heterocycles. The molecule has 30 heavy (non-hydrogen) atoms. The summed E-state index contributed by atoms with van der Waals surface area (Å²) in [5, 5.41) is 13.5. The van der Waals surface area contributed by atoms with E-state index in [4.69, 9.17) is 10.5 Å². The number of hydrogen-bond acceptors (Lipinski definition) is 6. The van der Waals surface area contributed by atoms with E-state index >= 15 is 0 Å². The summed E-state index contributed by atoms with van der Waals surface area (Å²) in [6, 6.07) is 4.21. The fourth-order valence-electron chi connectivity index (χ4n) is 3.82. The number of aromatic carboxylic acids is 1. The van der Waals surface area contributed by atoms with Gasteiger partial charge in [-0.25, -0.2) is 18.7 Å². The molecule has 1 aliphatic rings.